The lowest BCUT2D eigenvalue weighted by Gasteiger charge is -2.17. The zero-order chi connectivity index (χ0) is 20.5. The molecule has 0 aromatic heterocycles. The first-order valence-electron chi connectivity index (χ1n) is 8.67. The summed E-state index contributed by atoms with van der Waals surface area (Å²) in [6.45, 7) is -0.274. The molecule has 0 aliphatic carbocycles. The van der Waals surface area contributed by atoms with Gasteiger partial charge in [0.15, 0.2) is 17.5 Å². The van der Waals surface area contributed by atoms with Gasteiger partial charge >= 0.3 is 6.61 Å². The Morgan fingerprint density at radius 1 is 1.00 bits per heavy atom. The number of benzene rings is 2. The van der Waals surface area contributed by atoms with Crippen molar-refractivity contribution >= 4 is 29.9 Å². The number of guanidine groups is 1. The number of halogens is 3. The van der Waals surface area contributed by atoms with Crippen LogP contribution >= 0.6 is 24.0 Å². The maximum absolute atomic E-state index is 12.6. The van der Waals surface area contributed by atoms with Crippen molar-refractivity contribution in [3.63, 3.8) is 0 Å². The second kappa shape index (κ2) is 12.3. The Morgan fingerprint density at radius 3 is 2.28 bits per heavy atom. The highest BCUT2D eigenvalue weighted by Gasteiger charge is 2.12. The predicted octanol–water partition coefficient (Wildman–Crippen LogP) is 4.10. The summed E-state index contributed by atoms with van der Waals surface area (Å²) in [4.78, 5) is 4.16. The third-order valence-electron chi connectivity index (χ3n) is 4.03. The Kier molecular flexibility index (Phi) is 10.5. The highest BCUT2D eigenvalue weighted by atomic mass is 127. The Morgan fingerprint density at radius 2 is 1.69 bits per heavy atom. The number of aliphatic imine (C=N–C) groups is 1. The van der Waals surface area contributed by atoms with Crippen molar-refractivity contribution in [3.8, 4) is 17.2 Å². The van der Waals surface area contributed by atoms with Crippen LogP contribution in [0.2, 0.25) is 0 Å². The second-order valence-corrected chi connectivity index (χ2v) is 5.92. The first-order chi connectivity index (χ1) is 13.5. The first kappa shape index (κ1) is 24.7. The van der Waals surface area contributed by atoms with Crippen LogP contribution in [0.25, 0.3) is 0 Å². The van der Waals surface area contributed by atoms with Gasteiger partial charge in [-0.2, -0.15) is 8.78 Å². The van der Waals surface area contributed by atoms with Gasteiger partial charge < -0.3 is 24.8 Å². The number of alkyl halides is 2. The van der Waals surface area contributed by atoms with E-state index in [4.69, 9.17) is 9.47 Å². The number of aryl methyl sites for hydroxylation is 1. The molecule has 0 spiro atoms. The van der Waals surface area contributed by atoms with E-state index in [0.717, 1.165) is 11.1 Å². The lowest BCUT2D eigenvalue weighted by molar-refractivity contribution is -0.0504. The summed E-state index contributed by atoms with van der Waals surface area (Å²) in [6, 6.07) is 10.7. The van der Waals surface area contributed by atoms with Crippen molar-refractivity contribution in [2.75, 3.05) is 21.3 Å². The largest absolute Gasteiger partial charge is 0.493 e. The SMILES string of the molecule is CN=C(NCc1cc(C)ccc1OC(F)F)NCc1cccc(OC)c1OC.I. The van der Waals surface area contributed by atoms with Crippen molar-refractivity contribution in [1.29, 1.82) is 0 Å². The second-order valence-electron chi connectivity index (χ2n) is 5.92. The molecule has 0 heterocycles. The number of hydrogen-bond acceptors (Lipinski definition) is 4. The van der Waals surface area contributed by atoms with Crippen molar-refractivity contribution in [1.82, 2.24) is 10.6 Å². The third-order valence-corrected chi connectivity index (χ3v) is 4.03. The molecule has 0 fully saturated rings. The molecule has 0 unspecified atom stereocenters. The summed E-state index contributed by atoms with van der Waals surface area (Å²) >= 11 is 0. The van der Waals surface area contributed by atoms with E-state index in [-0.39, 0.29) is 36.3 Å². The van der Waals surface area contributed by atoms with Crippen molar-refractivity contribution in [3.05, 3.63) is 53.1 Å². The fraction of sp³-hybridized carbons (Fsp3) is 0.350. The molecule has 2 aromatic carbocycles. The average molecular weight is 521 g/mol. The Bertz CT molecular complexity index is 820. The molecule has 2 rings (SSSR count). The molecule has 0 radical (unpaired) electrons. The van der Waals surface area contributed by atoms with Gasteiger partial charge in [-0.25, -0.2) is 0 Å². The Labute approximate surface area is 186 Å². The summed E-state index contributed by atoms with van der Waals surface area (Å²) in [5, 5.41) is 6.28. The standard InChI is InChI=1S/C20H25F2N3O3.HI/c1-13-8-9-16(28-19(21)22)15(10-13)12-25-20(23-2)24-11-14-6-5-7-17(26-3)18(14)27-4;/h5-10,19H,11-12H2,1-4H3,(H2,23,24,25);1H. The van der Waals surface area contributed by atoms with E-state index >= 15 is 0 Å². The fourth-order valence-electron chi connectivity index (χ4n) is 2.73. The van der Waals surface area contributed by atoms with E-state index in [1.54, 1.807) is 33.4 Å². The summed E-state index contributed by atoms with van der Waals surface area (Å²) in [7, 11) is 4.79. The Balaban J connectivity index is 0.00000420. The lowest BCUT2D eigenvalue weighted by atomic mass is 10.1. The van der Waals surface area contributed by atoms with Gasteiger partial charge in [-0.3, -0.25) is 4.99 Å². The normalized spacial score (nSPS) is 10.9. The third kappa shape index (κ3) is 7.22. The van der Waals surface area contributed by atoms with E-state index in [1.165, 1.54) is 6.07 Å². The number of nitrogens with one attached hydrogen (secondary N) is 2. The van der Waals surface area contributed by atoms with Crippen LogP contribution in [-0.4, -0.2) is 33.8 Å². The number of para-hydroxylation sites is 1. The van der Waals surface area contributed by atoms with Crippen LogP contribution in [0.5, 0.6) is 17.2 Å². The summed E-state index contributed by atoms with van der Waals surface area (Å²) in [6.07, 6.45) is 0. The molecule has 160 valence electrons. The molecule has 2 aromatic rings. The van der Waals surface area contributed by atoms with Gasteiger partial charge in [0.1, 0.15) is 5.75 Å². The zero-order valence-corrected chi connectivity index (χ0v) is 19.1. The van der Waals surface area contributed by atoms with Crippen LogP contribution in [0.15, 0.2) is 41.4 Å². The topological polar surface area (TPSA) is 64.1 Å². The molecular formula is C20H26F2IN3O3. The molecule has 0 bridgehead atoms. The fourth-order valence-corrected chi connectivity index (χ4v) is 2.73. The van der Waals surface area contributed by atoms with Gasteiger partial charge in [0.2, 0.25) is 0 Å². The van der Waals surface area contributed by atoms with Crippen LogP contribution < -0.4 is 24.8 Å². The van der Waals surface area contributed by atoms with Crippen molar-refractivity contribution in [2.24, 2.45) is 4.99 Å². The van der Waals surface area contributed by atoms with Gasteiger partial charge in [0, 0.05) is 31.3 Å². The predicted molar refractivity (Wildman–Crippen MR) is 120 cm³/mol. The maximum Gasteiger partial charge on any atom is 0.387 e. The van der Waals surface area contributed by atoms with Crippen molar-refractivity contribution < 1.29 is 23.0 Å². The Hall–Kier alpha value is -2.30. The quantitative estimate of drug-likeness (QED) is 0.311. The number of methoxy groups -OCH3 is 2. The molecule has 0 atom stereocenters. The smallest absolute Gasteiger partial charge is 0.387 e. The molecule has 0 aliphatic heterocycles. The van der Waals surface area contributed by atoms with Crippen LogP contribution in [0.1, 0.15) is 16.7 Å². The minimum absolute atomic E-state index is 0. The first-order valence-corrected chi connectivity index (χ1v) is 8.67. The number of hydrogen-bond donors (Lipinski definition) is 2. The minimum atomic E-state index is -2.88. The highest BCUT2D eigenvalue weighted by Crippen LogP contribution is 2.30. The molecule has 9 heteroatoms. The van der Waals surface area contributed by atoms with E-state index in [2.05, 4.69) is 20.4 Å². The zero-order valence-electron chi connectivity index (χ0n) is 16.8. The monoisotopic (exact) mass is 521 g/mol. The molecule has 2 N–H and O–H groups in total. The molecule has 0 saturated heterocycles. The molecule has 0 saturated carbocycles. The van der Waals surface area contributed by atoms with Gasteiger partial charge in [0.25, 0.3) is 0 Å². The van der Waals surface area contributed by atoms with Gasteiger partial charge in [-0.05, 0) is 19.1 Å². The van der Waals surface area contributed by atoms with Gasteiger partial charge in [-0.15, -0.1) is 24.0 Å². The minimum Gasteiger partial charge on any atom is -0.493 e. The maximum atomic E-state index is 12.6. The van der Waals surface area contributed by atoms with Crippen LogP contribution in [0, 0.1) is 6.92 Å². The molecule has 29 heavy (non-hydrogen) atoms. The van der Waals surface area contributed by atoms with Crippen LogP contribution in [0.4, 0.5) is 8.78 Å². The highest BCUT2D eigenvalue weighted by molar-refractivity contribution is 14.0. The number of nitrogens with zero attached hydrogens (tertiary/aromatic N) is 1. The molecule has 0 amide bonds. The van der Waals surface area contributed by atoms with E-state index in [9.17, 15) is 8.78 Å². The lowest BCUT2D eigenvalue weighted by Crippen LogP contribution is -2.36. The summed E-state index contributed by atoms with van der Waals surface area (Å²) in [5.74, 6) is 1.92. The number of rotatable bonds is 8. The van der Waals surface area contributed by atoms with Gasteiger partial charge in [-0.1, -0.05) is 29.8 Å². The summed E-state index contributed by atoms with van der Waals surface area (Å²) < 4.78 is 40.5. The average Bonchev–Trinajstić information content (AvgIpc) is 2.69. The van der Waals surface area contributed by atoms with E-state index in [0.29, 0.717) is 29.6 Å². The molecular weight excluding hydrogens is 495 g/mol. The summed E-state index contributed by atoms with van der Waals surface area (Å²) in [5.41, 5.74) is 2.45. The van der Waals surface area contributed by atoms with Crippen LogP contribution in [-0.2, 0) is 13.1 Å². The van der Waals surface area contributed by atoms with E-state index < -0.39 is 6.61 Å². The van der Waals surface area contributed by atoms with Gasteiger partial charge in [0.05, 0.1) is 14.2 Å². The van der Waals surface area contributed by atoms with Crippen molar-refractivity contribution in [2.45, 2.75) is 26.6 Å². The molecule has 6 nitrogen and oxygen atoms in total. The molecule has 0 aliphatic rings. The van der Waals surface area contributed by atoms with Crippen LogP contribution in [0.3, 0.4) is 0 Å². The van der Waals surface area contributed by atoms with E-state index in [1.807, 2.05) is 25.1 Å². The number of ether oxygens (including phenoxy) is 3.